The van der Waals surface area contributed by atoms with Crippen molar-refractivity contribution in [2.24, 2.45) is 5.41 Å². The lowest BCUT2D eigenvalue weighted by Gasteiger charge is -2.34. The second kappa shape index (κ2) is 6.04. The van der Waals surface area contributed by atoms with Crippen molar-refractivity contribution in [1.29, 1.82) is 0 Å². The lowest BCUT2D eigenvalue weighted by Crippen LogP contribution is -2.32. The van der Waals surface area contributed by atoms with E-state index >= 15 is 0 Å². The van der Waals surface area contributed by atoms with Gasteiger partial charge in [-0.2, -0.15) is 0 Å². The monoisotopic (exact) mass is 306 g/mol. The summed E-state index contributed by atoms with van der Waals surface area (Å²) in [6.45, 7) is 6.09. The van der Waals surface area contributed by atoms with Gasteiger partial charge >= 0.3 is 5.97 Å². The zero-order valence-electron chi connectivity index (χ0n) is 13.9. The Labute approximate surface area is 137 Å². The molecule has 2 aromatic rings. The van der Waals surface area contributed by atoms with E-state index in [4.69, 9.17) is 4.74 Å². The Hall–Kier alpha value is -2.35. The van der Waals surface area contributed by atoms with E-state index < -0.39 is 5.41 Å². The fraction of sp³-hybridized carbons (Fsp3) is 0.286. The number of rotatable bonds is 3. The van der Waals surface area contributed by atoms with Crippen LogP contribution in [-0.4, -0.2) is 5.97 Å². The number of cyclic esters (lactones) is 1. The molecular formula is C21H22O2. The van der Waals surface area contributed by atoms with Gasteiger partial charge in [0.25, 0.3) is 0 Å². The molecule has 1 aliphatic heterocycles. The minimum Gasteiger partial charge on any atom is -0.426 e. The highest BCUT2D eigenvalue weighted by Crippen LogP contribution is 2.44. The Morgan fingerprint density at radius 1 is 0.957 bits per heavy atom. The smallest absolute Gasteiger partial charge is 0.317 e. The zero-order chi connectivity index (χ0) is 16.4. The zero-order valence-corrected chi connectivity index (χ0v) is 13.9. The van der Waals surface area contributed by atoms with Crippen molar-refractivity contribution in [3.8, 4) is 0 Å². The minimum atomic E-state index is -0.489. The molecule has 0 bridgehead atoms. The first kappa shape index (κ1) is 15.5. The summed E-state index contributed by atoms with van der Waals surface area (Å²) < 4.78 is 5.78. The molecule has 0 saturated carbocycles. The molecule has 1 aliphatic rings. The number of ether oxygens (including phenoxy) is 1. The summed E-state index contributed by atoms with van der Waals surface area (Å²) in [6.07, 6.45) is 0.714. The summed E-state index contributed by atoms with van der Waals surface area (Å²) in [5, 5.41) is 0. The summed E-state index contributed by atoms with van der Waals surface area (Å²) in [6, 6.07) is 20.3. The molecule has 0 fully saturated rings. The van der Waals surface area contributed by atoms with Crippen molar-refractivity contribution >= 4 is 11.7 Å². The molecule has 0 radical (unpaired) electrons. The molecule has 0 N–H and O–H groups in total. The molecule has 2 aromatic carbocycles. The van der Waals surface area contributed by atoms with Gasteiger partial charge in [0.15, 0.2) is 0 Å². The Morgan fingerprint density at radius 3 is 2.13 bits per heavy atom. The Morgan fingerprint density at radius 2 is 1.52 bits per heavy atom. The topological polar surface area (TPSA) is 26.3 Å². The van der Waals surface area contributed by atoms with Crippen LogP contribution in [0.1, 0.15) is 44.2 Å². The Kier molecular flexibility index (Phi) is 4.08. The Balaban J connectivity index is 2.11. The third-order valence-electron chi connectivity index (χ3n) is 4.53. The molecular weight excluding hydrogens is 284 g/mol. The number of esters is 1. The first-order valence-electron chi connectivity index (χ1n) is 8.05. The van der Waals surface area contributed by atoms with E-state index in [0.717, 1.165) is 11.3 Å². The molecule has 23 heavy (non-hydrogen) atoms. The van der Waals surface area contributed by atoms with Crippen LogP contribution in [0, 0.1) is 5.41 Å². The predicted octanol–water partition coefficient (Wildman–Crippen LogP) is 5.17. The summed E-state index contributed by atoms with van der Waals surface area (Å²) in [5.74, 6) is 0.783. The van der Waals surface area contributed by atoms with Crippen molar-refractivity contribution < 1.29 is 9.53 Å². The maximum Gasteiger partial charge on any atom is 0.317 e. The molecule has 0 saturated heterocycles. The van der Waals surface area contributed by atoms with E-state index in [1.54, 1.807) is 0 Å². The highest BCUT2D eigenvalue weighted by molar-refractivity contribution is 5.86. The molecule has 0 aliphatic carbocycles. The predicted molar refractivity (Wildman–Crippen MR) is 92.7 cm³/mol. The highest BCUT2D eigenvalue weighted by Gasteiger charge is 2.39. The van der Waals surface area contributed by atoms with E-state index in [9.17, 15) is 4.79 Å². The van der Waals surface area contributed by atoms with Gasteiger partial charge in [-0.05, 0) is 31.4 Å². The highest BCUT2D eigenvalue weighted by atomic mass is 16.5. The first-order chi connectivity index (χ1) is 11.0. The van der Waals surface area contributed by atoms with Crippen LogP contribution in [0.2, 0.25) is 0 Å². The minimum absolute atomic E-state index is 0.152. The largest absolute Gasteiger partial charge is 0.426 e. The average Bonchev–Trinajstić information content (AvgIpc) is 2.58. The van der Waals surface area contributed by atoms with E-state index in [-0.39, 0.29) is 11.9 Å². The number of carbonyl (C=O) groups excluding carboxylic acids is 1. The molecule has 1 atom stereocenters. The van der Waals surface area contributed by atoms with E-state index in [2.05, 4.69) is 31.2 Å². The number of benzene rings is 2. The average molecular weight is 306 g/mol. The molecule has 118 valence electrons. The molecule has 0 amide bonds. The third kappa shape index (κ3) is 3.07. The molecule has 2 nitrogen and oxygen atoms in total. The quantitative estimate of drug-likeness (QED) is 0.731. The maximum atomic E-state index is 12.3. The standard InChI is InChI=1S/C21H22O2/c1-15(16-10-6-4-7-11-16)18-14-21(2,3)20(22)23-19(18)17-12-8-5-9-13-17/h4-13,15H,14H2,1-3H3. The fourth-order valence-electron chi connectivity index (χ4n) is 3.05. The second-order valence-electron chi connectivity index (χ2n) is 6.80. The van der Waals surface area contributed by atoms with Gasteiger partial charge in [-0.3, -0.25) is 4.79 Å². The van der Waals surface area contributed by atoms with Gasteiger partial charge in [-0.1, -0.05) is 67.6 Å². The Bertz CT molecular complexity index is 727. The number of carbonyl (C=O) groups is 1. The molecule has 3 rings (SSSR count). The van der Waals surface area contributed by atoms with E-state index in [0.29, 0.717) is 6.42 Å². The van der Waals surface area contributed by atoms with Gasteiger partial charge < -0.3 is 4.74 Å². The van der Waals surface area contributed by atoms with Gasteiger partial charge in [0.05, 0.1) is 5.41 Å². The van der Waals surface area contributed by atoms with Crippen molar-refractivity contribution in [3.05, 3.63) is 77.4 Å². The molecule has 0 aromatic heterocycles. The maximum absolute atomic E-state index is 12.3. The van der Waals surface area contributed by atoms with Crippen LogP contribution in [0.5, 0.6) is 0 Å². The molecule has 1 unspecified atom stereocenters. The fourth-order valence-corrected chi connectivity index (χ4v) is 3.05. The van der Waals surface area contributed by atoms with Crippen LogP contribution >= 0.6 is 0 Å². The number of allylic oxidation sites excluding steroid dienone is 1. The SMILES string of the molecule is CC(C1=C(c2ccccc2)OC(=O)C(C)(C)C1)c1ccccc1. The lowest BCUT2D eigenvalue weighted by molar-refractivity contribution is -0.147. The van der Waals surface area contributed by atoms with Gasteiger partial charge in [0.1, 0.15) is 5.76 Å². The van der Waals surface area contributed by atoms with Crippen LogP contribution in [0.3, 0.4) is 0 Å². The second-order valence-corrected chi connectivity index (χ2v) is 6.80. The van der Waals surface area contributed by atoms with Crippen LogP contribution in [0.4, 0.5) is 0 Å². The van der Waals surface area contributed by atoms with Crippen molar-refractivity contribution in [3.63, 3.8) is 0 Å². The molecule has 0 spiro atoms. The molecule has 1 heterocycles. The summed E-state index contributed by atoms with van der Waals surface area (Å²) >= 11 is 0. The van der Waals surface area contributed by atoms with Crippen molar-refractivity contribution in [2.45, 2.75) is 33.1 Å². The van der Waals surface area contributed by atoms with Crippen molar-refractivity contribution in [1.82, 2.24) is 0 Å². The lowest BCUT2D eigenvalue weighted by atomic mass is 9.77. The van der Waals surface area contributed by atoms with Crippen LogP contribution in [0.25, 0.3) is 5.76 Å². The van der Waals surface area contributed by atoms with Crippen LogP contribution in [-0.2, 0) is 9.53 Å². The summed E-state index contributed by atoms with van der Waals surface area (Å²) in [5.41, 5.74) is 2.90. The number of hydrogen-bond donors (Lipinski definition) is 0. The van der Waals surface area contributed by atoms with Gasteiger partial charge in [0.2, 0.25) is 0 Å². The molecule has 2 heteroatoms. The van der Waals surface area contributed by atoms with Gasteiger partial charge in [-0.25, -0.2) is 0 Å². The van der Waals surface area contributed by atoms with Crippen LogP contribution < -0.4 is 0 Å². The van der Waals surface area contributed by atoms with E-state index in [1.807, 2.05) is 50.2 Å². The van der Waals surface area contributed by atoms with Gasteiger partial charge in [0, 0.05) is 11.5 Å². The van der Waals surface area contributed by atoms with E-state index in [1.165, 1.54) is 11.1 Å². The first-order valence-corrected chi connectivity index (χ1v) is 8.05. The summed E-state index contributed by atoms with van der Waals surface area (Å²) in [4.78, 5) is 12.3. The normalized spacial score (nSPS) is 18.5. The van der Waals surface area contributed by atoms with Gasteiger partial charge in [-0.15, -0.1) is 0 Å². The van der Waals surface area contributed by atoms with Crippen LogP contribution in [0.15, 0.2) is 66.2 Å². The number of hydrogen-bond acceptors (Lipinski definition) is 2. The summed E-state index contributed by atoms with van der Waals surface area (Å²) in [7, 11) is 0. The third-order valence-corrected chi connectivity index (χ3v) is 4.53. The van der Waals surface area contributed by atoms with Crippen molar-refractivity contribution in [2.75, 3.05) is 0 Å².